The number of nitrogens with one attached hydrogen (secondary N) is 1. The fourth-order valence-electron chi connectivity index (χ4n) is 4.81. The molecule has 0 aliphatic carbocycles. The van der Waals surface area contributed by atoms with Crippen LogP contribution in [0.2, 0.25) is 5.02 Å². The normalized spacial score (nSPS) is 16.2. The number of benzene rings is 1. The van der Waals surface area contributed by atoms with Crippen LogP contribution in [0.4, 0.5) is 11.8 Å². The highest BCUT2D eigenvalue weighted by Gasteiger charge is 2.36. The van der Waals surface area contributed by atoms with Gasteiger partial charge in [-0.15, -0.1) is 0 Å². The van der Waals surface area contributed by atoms with Crippen LogP contribution in [-0.2, 0) is 17.8 Å². The first-order chi connectivity index (χ1) is 16.9. The van der Waals surface area contributed by atoms with Gasteiger partial charge < -0.3 is 20.0 Å². The van der Waals surface area contributed by atoms with Crippen LogP contribution in [0.25, 0.3) is 0 Å². The minimum absolute atomic E-state index is 0.0221. The van der Waals surface area contributed by atoms with Gasteiger partial charge in [-0.3, -0.25) is 9.59 Å². The number of hydrogen-bond donors (Lipinski definition) is 1. The Bertz CT molecular complexity index is 1120. The van der Waals surface area contributed by atoms with Crippen molar-refractivity contribution in [1.29, 1.82) is 0 Å². The number of anilines is 2. The van der Waals surface area contributed by atoms with Crippen molar-refractivity contribution in [2.75, 3.05) is 36.4 Å². The van der Waals surface area contributed by atoms with Crippen LogP contribution < -0.4 is 10.2 Å². The maximum absolute atomic E-state index is 13.3. The molecule has 1 aromatic heterocycles. The third-order valence-electron chi connectivity index (χ3n) is 6.79. The van der Waals surface area contributed by atoms with Gasteiger partial charge in [-0.2, -0.15) is 4.98 Å². The summed E-state index contributed by atoms with van der Waals surface area (Å²) < 4.78 is 0. The maximum Gasteiger partial charge on any atom is 0.273 e. The summed E-state index contributed by atoms with van der Waals surface area (Å²) in [5.74, 6) is 1.32. The standard InChI is InChI=1S/C27H37ClN6O2/c1-17(2)24(35)32-11-13-33(14-12-32)26-29-22-21(16-34(18(3)4)25(22)36)23(30-26)31-27(5,6)15-19-7-9-20(28)10-8-19/h7-10,17-18H,11-16H2,1-6H3,(H,29,30,31). The van der Waals surface area contributed by atoms with Gasteiger partial charge in [0, 0.05) is 54.3 Å². The quantitative estimate of drug-likeness (QED) is 0.597. The van der Waals surface area contributed by atoms with Crippen molar-refractivity contribution in [1.82, 2.24) is 19.8 Å². The number of carbonyl (C=O) groups excluding carboxylic acids is 2. The molecule has 8 nitrogen and oxygen atoms in total. The zero-order valence-electron chi connectivity index (χ0n) is 22.1. The average molecular weight is 513 g/mol. The van der Waals surface area contributed by atoms with Gasteiger partial charge in [-0.1, -0.05) is 37.6 Å². The van der Waals surface area contributed by atoms with E-state index in [-0.39, 0.29) is 29.3 Å². The lowest BCUT2D eigenvalue weighted by Crippen LogP contribution is -2.50. The van der Waals surface area contributed by atoms with Gasteiger partial charge >= 0.3 is 0 Å². The second-order valence-corrected chi connectivity index (χ2v) is 11.4. The molecule has 0 saturated carbocycles. The molecular weight excluding hydrogens is 476 g/mol. The molecule has 2 aliphatic rings. The van der Waals surface area contributed by atoms with Crippen molar-refractivity contribution < 1.29 is 9.59 Å². The minimum atomic E-state index is -0.329. The number of hydrogen-bond acceptors (Lipinski definition) is 6. The van der Waals surface area contributed by atoms with Gasteiger partial charge in [-0.05, 0) is 51.8 Å². The second-order valence-electron chi connectivity index (χ2n) is 11.0. The summed E-state index contributed by atoms with van der Waals surface area (Å²) >= 11 is 6.07. The summed E-state index contributed by atoms with van der Waals surface area (Å²) in [5, 5.41) is 4.34. The van der Waals surface area contributed by atoms with Crippen LogP contribution in [0.15, 0.2) is 24.3 Å². The Morgan fingerprint density at radius 2 is 1.69 bits per heavy atom. The van der Waals surface area contributed by atoms with E-state index in [2.05, 4.69) is 24.1 Å². The summed E-state index contributed by atoms with van der Waals surface area (Å²) in [4.78, 5) is 41.2. The molecule has 36 heavy (non-hydrogen) atoms. The molecule has 9 heteroatoms. The number of aromatic nitrogens is 2. The first-order valence-corrected chi connectivity index (χ1v) is 13.1. The van der Waals surface area contributed by atoms with Gasteiger partial charge in [0.2, 0.25) is 11.9 Å². The molecule has 0 atom stereocenters. The van der Waals surface area contributed by atoms with E-state index in [9.17, 15) is 9.59 Å². The Balaban J connectivity index is 1.61. The largest absolute Gasteiger partial charge is 0.364 e. The van der Waals surface area contributed by atoms with Crippen LogP contribution in [0, 0.1) is 5.92 Å². The number of rotatable bonds is 7. The Morgan fingerprint density at radius 1 is 1.06 bits per heavy atom. The smallest absolute Gasteiger partial charge is 0.273 e. The van der Waals surface area contributed by atoms with Crippen LogP contribution in [0.3, 0.4) is 0 Å². The topological polar surface area (TPSA) is 81.7 Å². The van der Waals surface area contributed by atoms with Crippen molar-refractivity contribution in [3.05, 3.63) is 46.1 Å². The predicted octanol–water partition coefficient (Wildman–Crippen LogP) is 4.23. The molecule has 3 heterocycles. The SMILES string of the molecule is CC(C)C(=O)N1CCN(c2nc(NC(C)(C)Cc3ccc(Cl)cc3)c3c(n2)C(=O)N(C(C)C)C3)CC1. The van der Waals surface area contributed by atoms with Crippen molar-refractivity contribution in [3.63, 3.8) is 0 Å². The van der Waals surface area contributed by atoms with E-state index in [1.54, 1.807) is 0 Å². The number of amides is 2. The molecule has 1 aromatic carbocycles. The molecule has 0 unspecified atom stereocenters. The van der Waals surface area contributed by atoms with E-state index in [1.165, 1.54) is 0 Å². The minimum Gasteiger partial charge on any atom is -0.364 e. The van der Waals surface area contributed by atoms with Gasteiger partial charge in [0.1, 0.15) is 11.5 Å². The fourth-order valence-corrected chi connectivity index (χ4v) is 4.93. The van der Waals surface area contributed by atoms with Gasteiger partial charge in [0.25, 0.3) is 5.91 Å². The first-order valence-electron chi connectivity index (χ1n) is 12.7. The summed E-state index contributed by atoms with van der Waals surface area (Å²) in [6, 6.07) is 7.93. The Hall–Kier alpha value is -2.87. The third kappa shape index (κ3) is 5.59. The molecule has 1 saturated heterocycles. The Kier molecular flexibility index (Phi) is 7.46. The van der Waals surface area contributed by atoms with E-state index in [0.29, 0.717) is 55.2 Å². The number of nitrogens with zero attached hydrogens (tertiary/aromatic N) is 5. The fraction of sp³-hybridized carbons (Fsp3) is 0.556. The van der Waals surface area contributed by atoms with Gasteiger partial charge in [-0.25, -0.2) is 4.98 Å². The van der Waals surface area contributed by atoms with E-state index in [0.717, 1.165) is 17.5 Å². The van der Waals surface area contributed by atoms with Crippen LogP contribution in [0.1, 0.15) is 63.2 Å². The highest BCUT2D eigenvalue weighted by atomic mass is 35.5. The molecule has 1 N–H and O–H groups in total. The molecule has 0 spiro atoms. The Labute approximate surface area is 219 Å². The number of halogens is 1. The molecular formula is C27H37ClN6O2. The summed E-state index contributed by atoms with van der Waals surface area (Å²) in [6.45, 7) is 15.1. The molecule has 194 valence electrons. The highest BCUT2D eigenvalue weighted by Crippen LogP contribution is 2.33. The summed E-state index contributed by atoms with van der Waals surface area (Å²) in [5.41, 5.74) is 2.15. The van der Waals surface area contributed by atoms with Crippen LogP contribution in [-0.4, -0.2) is 69.3 Å². The molecule has 2 amide bonds. The van der Waals surface area contributed by atoms with Gasteiger partial charge in [0.05, 0.1) is 6.54 Å². The lowest BCUT2D eigenvalue weighted by molar-refractivity contribution is -0.134. The highest BCUT2D eigenvalue weighted by molar-refractivity contribution is 6.30. The zero-order chi connectivity index (χ0) is 26.2. The van der Waals surface area contributed by atoms with Crippen molar-refractivity contribution in [2.24, 2.45) is 5.92 Å². The molecule has 1 fully saturated rings. The molecule has 0 bridgehead atoms. The maximum atomic E-state index is 13.3. The number of carbonyl (C=O) groups is 2. The van der Waals surface area contributed by atoms with Crippen LogP contribution >= 0.6 is 11.6 Å². The van der Waals surface area contributed by atoms with E-state index in [1.807, 2.05) is 61.8 Å². The summed E-state index contributed by atoms with van der Waals surface area (Å²) in [7, 11) is 0. The number of fused-ring (bicyclic) bond motifs is 1. The van der Waals surface area contributed by atoms with E-state index in [4.69, 9.17) is 21.6 Å². The zero-order valence-corrected chi connectivity index (χ0v) is 22.9. The lowest BCUT2D eigenvalue weighted by Gasteiger charge is -2.36. The Morgan fingerprint density at radius 3 is 2.28 bits per heavy atom. The predicted molar refractivity (Wildman–Crippen MR) is 144 cm³/mol. The molecule has 4 rings (SSSR count). The van der Waals surface area contributed by atoms with E-state index >= 15 is 0 Å². The van der Waals surface area contributed by atoms with Crippen molar-refractivity contribution in [2.45, 2.75) is 66.1 Å². The summed E-state index contributed by atoms with van der Waals surface area (Å²) in [6.07, 6.45) is 0.760. The lowest BCUT2D eigenvalue weighted by atomic mass is 9.94. The van der Waals surface area contributed by atoms with Crippen molar-refractivity contribution >= 4 is 35.2 Å². The van der Waals surface area contributed by atoms with Crippen molar-refractivity contribution in [3.8, 4) is 0 Å². The molecule has 2 aliphatic heterocycles. The average Bonchev–Trinajstić information content (AvgIpc) is 3.17. The third-order valence-corrected chi connectivity index (χ3v) is 7.05. The first kappa shape index (κ1) is 26.2. The second kappa shape index (κ2) is 10.2. The van der Waals surface area contributed by atoms with E-state index < -0.39 is 0 Å². The monoisotopic (exact) mass is 512 g/mol. The number of piperazine rings is 1. The van der Waals surface area contributed by atoms with Gasteiger partial charge in [0.15, 0.2) is 0 Å². The molecule has 2 aromatic rings. The van der Waals surface area contributed by atoms with Crippen LogP contribution in [0.5, 0.6) is 0 Å². The molecule has 0 radical (unpaired) electrons.